The number of aromatic nitrogens is 4. The van der Waals surface area contributed by atoms with E-state index in [-0.39, 0.29) is 0 Å². The molecule has 30 heavy (non-hydrogen) atoms. The van der Waals surface area contributed by atoms with Crippen LogP contribution in [0.3, 0.4) is 0 Å². The second kappa shape index (κ2) is 8.12. The van der Waals surface area contributed by atoms with Gasteiger partial charge in [0.05, 0.1) is 23.3 Å². The molecule has 0 unspecified atom stereocenters. The largest absolute Gasteiger partial charge is 0.465 e. The number of ether oxygens (including phenoxy) is 1. The van der Waals surface area contributed by atoms with Gasteiger partial charge in [-0.15, -0.1) is 0 Å². The van der Waals surface area contributed by atoms with Crippen molar-refractivity contribution in [3.05, 3.63) is 71.4 Å². The molecule has 0 radical (unpaired) electrons. The number of nitrogens with zero attached hydrogens (tertiary/aromatic N) is 4. The fraction of sp³-hybridized carbons (Fsp3) is 0.261. The van der Waals surface area contributed by atoms with Crippen LogP contribution in [0.4, 0.5) is 5.82 Å². The first-order valence-corrected chi connectivity index (χ1v) is 10.3. The van der Waals surface area contributed by atoms with Crippen molar-refractivity contribution in [1.29, 1.82) is 0 Å². The first kappa shape index (κ1) is 18.6. The summed E-state index contributed by atoms with van der Waals surface area (Å²) < 4.78 is 7.74. The van der Waals surface area contributed by atoms with E-state index < -0.39 is 0 Å². The number of imidazole rings is 1. The molecule has 7 nitrogen and oxygen atoms in total. The van der Waals surface area contributed by atoms with Crippen LogP contribution in [0.2, 0.25) is 0 Å². The standard InChI is InChI=1S/C23H24N6O/c1-2-30-23-27-19-10-6-7-11-20(19)29(23)22-26-18-12-13-24-15-17(18)21(28-22)25-14-16-8-4-3-5-9-16/h3-11,24H,2,12-15H2,1H3,(H,25,26,28). The van der Waals surface area contributed by atoms with Crippen LogP contribution in [0.25, 0.3) is 17.0 Å². The Balaban J connectivity index is 1.61. The van der Waals surface area contributed by atoms with Gasteiger partial charge in [-0.1, -0.05) is 42.5 Å². The zero-order valence-corrected chi connectivity index (χ0v) is 16.9. The topological polar surface area (TPSA) is 76.9 Å². The highest BCUT2D eigenvalue weighted by Gasteiger charge is 2.21. The molecule has 152 valence electrons. The van der Waals surface area contributed by atoms with Crippen molar-refractivity contribution >= 4 is 16.9 Å². The molecule has 0 amide bonds. The second-order valence-electron chi connectivity index (χ2n) is 7.21. The molecule has 3 heterocycles. The van der Waals surface area contributed by atoms with Crippen molar-refractivity contribution in [3.8, 4) is 12.0 Å². The molecule has 5 rings (SSSR count). The Morgan fingerprint density at radius 2 is 1.87 bits per heavy atom. The Bertz CT molecular complexity index is 1170. The smallest absolute Gasteiger partial charge is 0.304 e. The third kappa shape index (κ3) is 3.48. The fourth-order valence-electron chi connectivity index (χ4n) is 3.78. The van der Waals surface area contributed by atoms with Gasteiger partial charge in [-0.3, -0.25) is 0 Å². The van der Waals surface area contributed by atoms with Gasteiger partial charge in [0, 0.05) is 31.6 Å². The number of para-hydroxylation sites is 2. The van der Waals surface area contributed by atoms with Gasteiger partial charge >= 0.3 is 6.01 Å². The van der Waals surface area contributed by atoms with Gasteiger partial charge in [0.2, 0.25) is 5.95 Å². The molecule has 0 aliphatic carbocycles. The van der Waals surface area contributed by atoms with Crippen molar-refractivity contribution in [2.24, 2.45) is 0 Å². The lowest BCUT2D eigenvalue weighted by atomic mass is 10.1. The number of benzene rings is 2. The molecule has 1 aliphatic heterocycles. The van der Waals surface area contributed by atoms with Gasteiger partial charge in [0.15, 0.2) is 0 Å². The predicted molar refractivity (Wildman–Crippen MR) is 117 cm³/mol. The summed E-state index contributed by atoms with van der Waals surface area (Å²) in [6, 6.07) is 18.8. The van der Waals surface area contributed by atoms with E-state index >= 15 is 0 Å². The molecule has 2 aromatic heterocycles. The summed E-state index contributed by atoms with van der Waals surface area (Å²) in [7, 11) is 0. The molecule has 2 N–H and O–H groups in total. The minimum atomic E-state index is 0.515. The lowest BCUT2D eigenvalue weighted by Crippen LogP contribution is -2.27. The third-order valence-corrected chi connectivity index (χ3v) is 5.23. The summed E-state index contributed by atoms with van der Waals surface area (Å²) in [5, 5.41) is 6.96. The van der Waals surface area contributed by atoms with Crippen LogP contribution in [0, 0.1) is 0 Å². The summed E-state index contributed by atoms with van der Waals surface area (Å²) in [4.78, 5) is 14.5. The van der Waals surface area contributed by atoms with Gasteiger partial charge in [0.1, 0.15) is 5.82 Å². The van der Waals surface area contributed by atoms with Crippen LogP contribution in [0.15, 0.2) is 54.6 Å². The van der Waals surface area contributed by atoms with Crippen LogP contribution in [0.1, 0.15) is 23.7 Å². The number of hydrogen-bond donors (Lipinski definition) is 2. The molecule has 0 atom stereocenters. The van der Waals surface area contributed by atoms with Gasteiger partial charge in [-0.05, 0) is 24.6 Å². The van der Waals surface area contributed by atoms with Crippen LogP contribution < -0.4 is 15.4 Å². The predicted octanol–water partition coefficient (Wildman–Crippen LogP) is 3.47. The molecule has 0 spiro atoms. The maximum absolute atomic E-state index is 5.83. The van der Waals surface area contributed by atoms with Crippen LogP contribution in [0.5, 0.6) is 6.01 Å². The zero-order valence-electron chi connectivity index (χ0n) is 16.9. The van der Waals surface area contributed by atoms with Gasteiger partial charge in [0.25, 0.3) is 0 Å². The third-order valence-electron chi connectivity index (χ3n) is 5.23. The molecule has 0 bridgehead atoms. The minimum Gasteiger partial charge on any atom is -0.465 e. The van der Waals surface area contributed by atoms with E-state index in [9.17, 15) is 0 Å². The van der Waals surface area contributed by atoms with Gasteiger partial charge < -0.3 is 15.4 Å². The van der Waals surface area contributed by atoms with Crippen molar-refractivity contribution < 1.29 is 4.74 Å². The molecule has 0 saturated carbocycles. The van der Waals surface area contributed by atoms with E-state index in [1.54, 1.807) is 0 Å². The summed E-state index contributed by atoms with van der Waals surface area (Å²) in [6.07, 6.45) is 0.863. The molecular formula is C23H24N6O. The minimum absolute atomic E-state index is 0.515. The highest BCUT2D eigenvalue weighted by molar-refractivity contribution is 5.78. The Morgan fingerprint density at radius 1 is 1.03 bits per heavy atom. The molecule has 4 aromatic rings. The maximum Gasteiger partial charge on any atom is 0.304 e. The van der Waals surface area contributed by atoms with E-state index in [2.05, 4.69) is 27.8 Å². The Kier molecular flexibility index (Phi) is 5.03. The molecule has 0 saturated heterocycles. The maximum atomic E-state index is 5.83. The summed E-state index contributed by atoms with van der Waals surface area (Å²) in [5.74, 6) is 1.44. The van der Waals surface area contributed by atoms with Crippen molar-refractivity contribution in [1.82, 2.24) is 24.8 Å². The van der Waals surface area contributed by atoms with Crippen LogP contribution in [-0.2, 0) is 19.5 Å². The van der Waals surface area contributed by atoms with Gasteiger partial charge in [-0.2, -0.15) is 9.97 Å². The molecule has 0 fully saturated rings. The van der Waals surface area contributed by atoms with E-state index in [4.69, 9.17) is 14.7 Å². The summed E-state index contributed by atoms with van der Waals surface area (Å²) in [6.45, 7) is 4.85. The SMILES string of the molecule is CCOc1nc2ccccc2n1-c1nc2c(c(NCc3ccccc3)n1)CNCC2. The van der Waals surface area contributed by atoms with E-state index in [0.717, 1.165) is 47.6 Å². The highest BCUT2D eigenvalue weighted by atomic mass is 16.5. The Labute approximate surface area is 175 Å². The number of anilines is 1. The van der Waals surface area contributed by atoms with Crippen LogP contribution in [-0.4, -0.2) is 32.7 Å². The molecule has 7 heteroatoms. The van der Waals surface area contributed by atoms with Crippen molar-refractivity contribution in [2.45, 2.75) is 26.4 Å². The summed E-state index contributed by atoms with van der Waals surface area (Å²) >= 11 is 0. The summed E-state index contributed by atoms with van der Waals surface area (Å²) in [5.41, 5.74) is 5.20. The Hall–Kier alpha value is -3.45. The van der Waals surface area contributed by atoms with E-state index in [0.29, 0.717) is 25.1 Å². The molecular weight excluding hydrogens is 376 g/mol. The number of fused-ring (bicyclic) bond motifs is 2. The van der Waals surface area contributed by atoms with Gasteiger partial charge in [-0.25, -0.2) is 9.55 Å². The monoisotopic (exact) mass is 400 g/mol. The molecule has 1 aliphatic rings. The average Bonchev–Trinajstić information content (AvgIpc) is 3.16. The zero-order chi connectivity index (χ0) is 20.3. The quantitative estimate of drug-likeness (QED) is 0.516. The first-order chi connectivity index (χ1) is 14.8. The fourth-order valence-corrected chi connectivity index (χ4v) is 3.78. The first-order valence-electron chi connectivity index (χ1n) is 10.3. The number of nitrogens with one attached hydrogen (secondary N) is 2. The van der Waals surface area contributed by atoms with Crippen molar-refractivity contribution in [2.75, 3.05) is 18.5 Å². The number of hydrogen-bond acceptors (Lipinski definition) is 6. The average molecular weight is 400 g/mol. The second-order valence-corrected chi connectivity index (χ2v) is 7.21. The molecule has 2 aromatic carbocycles. The normalized spacial score (nSPS) is 13.2. The van der Waals surface area contributed by atoms with Crippen molar-refractivity contribution in [3.63, 3.8) is 0 Å². The number of rotatable bonds is 6. The lowest BCUT2D eigenvalue weighted by Gasteiger charge is -2.21. The lowest BCUT2D eigenvalue weighted by molar-refractivity contribution is 0.308. The Morgan fingerprint density at radius 3 is 2.73 bits per heavy atom. The van der Waals surface area contributed by atoms with Crippen LogP contribution >= 0.6 is 0 Å². The highest BCUT2D eigenvalue weighted by Crippen LogP contribution is 2.28. The van der Waals surface area contributed by atoms with E-state index in [1.807, 2.05) is 54.0 Å². The van der Waals surface area contributed by atoms with E-state index in [1.165, 1.54) is 5.56 Å².